The third-order valence-corrected chi connectivity index (χ3v) is 7.04. The fourth-order valence-electron chi connectivity index (χ4n) is 5.14. The number of benzene rings is 1. The standard InChI is InChI=1S/C25H32N6O/c1-18-6-8-21(9-7-18)25(10-4-5-11-25)24-28-22(32-29-24)17-30-12-14-31(15-13-30)23-20(3)26-16-19(2)27-23/h6-9,16H,4-5,10-15,17H2,1-3H3. The highest BCUT2D eigenvalue weighted by Crippen LogP contribution is 2.45. The molecular weight excluding hydrogens is 400 g/mol. The molecule has 1 saturated carbocycles. The van der Waals surface area contributed by atoms with Gasteiger partial charge in [-0.15, -0.1) is 0 Å². The number of aryl methyl sites for hydroxylation is 3. The molecule has 3 heterocycles. The molecule has 0 N–H and O–H groups in total. The highest BCUT2D eigenvalue weighted by atomic mass is 16.5. The molecule has 0 bridgehead atoms. The van der Waals surface area contributed by atoms with Gasteiger partial charge in [-0.2, -0.15) is 4.98 Å². The van der Waals surface area contributed by atoms with Gasteiger partial charge < -0.3 is 9.42 Å². The molecule has 7 heteroatoms. The van der Waals surface area contributed by atoms with Gasteiger partial charge in [0.05, 0.1) is 23.3 Å². The van der Waals surface area contributed by atoms with Crippen molar-refractivity contribution < 1.29 is 4.52 Å². The van der Waals surface area contributed by atoms with Crippen LogP contribution in [-0.4, -0.2) is 51.2 Å². The monoisotopic (exact) mass is 432 g/mol. The summed E-state index contributed by atoms with van der Waals surface area (Å²) in [4.78, 5) is 18.8. The van der Waals surface area contributed by atoms with Crippen LogP contribution in [0.2, 0.25) is 0 Å². The maximum atomic E-state index is 5.76. The highest BCUT2D eigenvalue weighted by Gasteiger charge is 2.41. The molecule has 2 fully saturated rings. The topological polar surface area (TPSA) is 71.2 Å². The van der Waals surface area contributed by atoms with Crippen LogP contribution in [0, 0.1) is 20.8 Å². The zero-order valence-electron chi connectivity index (χ0n) is 19.3. The molecule has 7 nitrogen and oxygen atoms in total. The molecule has 0 unspecified atom stereocenters. The van der Waals surface area contributed by atoms with E-state index < -0.39 is 0 Å². The Morgan fingerprint density at radius 1 is 0.938 bits per heavy atom. The molecule has 1 aliphatic carbocycles. The van der Waals surface area contributed by atoms with Crippen molar-refractivity contribution in [1.82, 2.24) is 25.0 Å². The van der Waals surface area contributed by atoms with Gasteiger partial charge in [0.25, 0.3) is 0 Å². The van der Waals surface area contributed by atoms with E-state index in [0.29, 0.717) is 6.54 Å². The Kier molecular flexibility index (Phi) is 5.67. The van der Waals surface area contributed by atoms with Crippen LogP contribution in [0.4, 0.5) is 5.82 Å². The maximum Gasteiger partial charge on any atom is 0.240 e. The maximum absolute atomic E-state index is 5.76. The number of aromatic nitrogens is 4. The summed E-state index contributed by atoms with van der Waals surface area (Å²) in [6.07, 6.45) is 6.42. The van der Waals surface area contributed by atoms with Crippen molar-refractivity contribution in [3.8, 4) is 0 Å². The van der Waals surface area contributed by atoms with E-state index >= 15 is 0 Å². The third-order valence-electron chi connectivity index (χ3n) is 7.04. The van der Waals surface area contributed by atoms with Crippen LogP contribution < -0.4 is 4.90 Å². The molecule has 32 heavy (non-hydrogen) atoms. The Hall–Kier alpha value is -2.80. The number of hydrogen-bond acceptors (Lipinski definition) is 7. The van der Waals surface area contributed by atoms with Crippen molar-refractivity contribution in [2.24, 2.45) is 0 Å². The van der Waals surface area contributed by atoms with E-state index in [-0.39, 0.29) is 5.41 Å². The Morgan fingerprint density at radius 2 is 1.66 bits per heavy atom. The predicted molar refractivity (Wildman–Crippen MR) is 124 cm³/mol. The smallest absolute Gasteiger partial charge is 0.240 e. The van der Waals surface area contributed by atoms with E-state index in [9.17, 15) is 0 Å². The van der Waals surface area contributed by atoms with Crippen LogP contribution in [0.5, 0.6) is 0 Å². The lowest BCUT2D eigenvalue weighted by atomic mass is 9.78. The normalized spacial score (nSPS) is 18.9. The van der Waals surface area contributed by atoms with Gasteiger partial charge >= 0.3 is 0 Å². The second-order valence-corrected chi connectivity index (χ2v) is 9.35. The first-order chi connectivity index (χ1) is 15.5. The van der Waals surface area contributed by atoms with E-state index in [2.05, 4.69) is 51.1 Å². The van der Waals surface area contributed by atoms with Crippen molar-refractivity contribution in [3.05, 3.63) is 64.7 Å². The molecule has 5 rings (SSSR count). The third kappa shape index (κ3) is 4.01. The van der Waals surface area contributed by atoms with Gasteiger partial charge in [-0.05, 0) is 39.2 Å². The van der Waals surface area contributed by atoms with Gasteiger partial charge in [-0.1, -0.05) is 47.8 Å². The van der Waals surface area contributed by atoms with Crippen LogP contribution in [-0.2, 0) is 12.0 Å². The minimum absolute atomic E-state index is 0.102. The average molecular weight is 433 g/mol. The first kappa shape index (κ1) is 21.1. The van der Waals surface area contributed by atoms with Gasteiger partial charge in [0.15, 0.2) is 5.82 Å². The number of anilines is 1. The lowest BCUT2D eigenvalue weighted by molar-refractivity contribution is 0.214. The summed E-state index contributed by atoms with van der Waals surface area (Å²) < 4.78 is 5.76. The minimum atomic E-state index is -0.102. The van der Waals surface area contributed by atoms with E-state index in [1.54, 1.807) is 0 Å². The van der Waals surface area contributed by atoms with Crippen LogP contribution in [0.1, 0.15) is 59.9 Å². The molecule has 0 spiro atoms. The van der Waals surface area contributed by atoms with Gasteiger partial charge in [-0.25, -0.2) is 4.98 Å². The van der Waals surface area contributed by atoms with Gasteiger partial charge in [0, 0.05) is 32.4 Å². The molecular formula is C25H32N6O. The summed E-state index contributed by atoms with van der Waals surface area (Å²) in [6.45, 7) is 10.6. The average Bonchev–Trinajstić information content (AvgIpc) is 3.47. The number of rotatable bonds is 5. The van der Waals surface area contributed by atoms with Crippen LogP contribution in [0.3, 0.4) is 0 Å². The van der Waals surface area contributed by atoms with Crippen molar-refractivity contribution >= 4 is 5.82 Å². The summed E-state index contributed by atoms with van der Waals surface area (Å²) in [5, 5.41) is 4.48. The van der Waals surface area contributed by atoms with Crippen LogP contribution >= 0.6 is 0 Å². The zero-order valence-corrected chi connectivity index (χ0v) is 19.3. The van der Waals surface area contributed by atoms with Crippen molar-refractivity contribution in [2.75, 3.05) is 31.1 Å². The zero-order chi connectivity index (χ0) is 22.1. The molecule has 0 atom stereocenters. The molecule has 168 valence electrons. The molecule has 0 radical (unpaired) electrons. The number of hydrogen-bond donors (Lipinski definition) is 0. The largest absolute Gasteiger partial charge is 0.353 e. The highest BCUT2D eigenvalue weighted by molar-refractivity contribution is 5.43. The molecule has 1 aliphatic heterocycles. The van der Waals surface area contributed by atoms with Crippen molar-refractivity contribution in [1.29, 1.82) is 0 Å². The minimum Gasteiger partial charge on any atom is -0.353 e. The second-order valence-electron chi connectivity index (χ2n) is 9.35. The fraction of sp³-hybridized carbons (Fsp3) is 0.520. The Labute approximate surface area is 189 Å². The number of nitrogens with zero attached hydrogens (tertiary/aromatic N) is 6. The second kappa shape index (κ2) is 8.62. The van der Waals surface area contributed by atoms with E-state index in [0.717, 1.165) is 67.9 Å². The summed E-state index contributed by atoms with van der Waals surface area (Å²) in [5.41, 5.74) is 4.44. The summed E-state index contributed by atoms with van der Waals surface area (Å²) >= 11 is 0. The van der Waals surface area contributed by atoms with Gasteiger partial charge in [0.1, 0.15) is 5.82 Å². The van der Waals surface area contributed by atoms with Gasteiger partial charge in [0.2, 0.25) is 5.89 Å². The molecule has 2 aliphatic rings. The van der Waals surface area contributed by atoms with Crippen molar-refractivity contribution in [3.63, 3.8) is 0 Å². The first-order valence-electron chi connectivity index (χ1n) is 11.7. The lowest BCUT2D eigenvalue weighted by Gasteiger charge is -2.35. The fourth-order valence-corrected chi connectivity index (χ4v) is 5.14. The molecule has 1 aromatic carbocycles. The van der Waals surface area contributed by atoms with E-state index in [1.807, 2.05) is 20.0 Å². The Balaban J connectivity index is 1.27. The van der Waals surface area contributed by atoms with Crippen LogP contribution in [0.25, 0.3) is 0 Å². The van der Waals surface area contributed by atoms with Crippen molar-refractivity contribution in [2.45, 2.75) is 58.4 Å². The SMILES string of the molecule is Cc1ccc(C2(c3noc(CN4CCN(c5nc(C)cnc5C)CC4)n3)CCCC2)cc1. The molecule has 1 saturated heterocycles. The summed E-state index contributed by atoms with van der Waals surface area (Å²) in [6, 6.07) is 8.87. The first-order valence-corrected chi connectivity index (χ1v) is 11.7. The quantitative estimate of drug-likeness (QED) is 0.604. The summed E-state index contributed by atoms with van der Waals surface area (Å²) in [7, 11) is 0. The summed E-state index contributed by atoms with van der Waals surface area (Å²) in [5.74, 6) is 2.59. The van der Waals surface area contributed by atoms with E-state index in [1.165, 1.54) is 24.0 Å². The molecule has 2 aromatic heterocycles. The Bertz CT molecular complexity index is 1060. The molecule has 3 aromatic rings. The van der Waals surface area contributed by atoms with E-state index in [4.69, 9.17) is 14.5 Å². The molecule has 0 amide bonds. The van der Waals surface area contributed by atoms with Crippen LogP contribution in [0.15, 0.2) is 35.0 Å². The lowest BCUT2D eigenvalue weighted by Crippen LogP contribution is -2.46. The predicted octanol–water partition coefficient (Wildman–Crippen LogP) is 3.97. The van der Waals surface area contributed by atoms with Gasteiger partial charge in [-0.3, -0.25) is 9.88 Å². The number of piperazine rings is 1. The Morgan fingerprint density at radius 3 is 2.38 bits per heavy atom.